The van der Waals surface area contributed by atoms with Crippen molar-refractivity contribution in [2.75, 3.05) is 44.0 Å². The lowest BCUT2D eigenvalue weighted by Gasteiger charge is -2.41. The van der Waals surface area contributed by atoms with E-state index in [4.69, 9.17) is 16.2 Å². The number of nitrogens with two attached hydrogens (primary N) is 2. The number of hydrogen-bond acceptors (Lipinski definition) is 10. The molecule has 0 aromatic carbocycles. The van der Waals surface area contributed by atoms with Crippen molar-refractivity contribution in [1.29, 1.82) is 0 Å². The summed E-state index contributed by atoms with van der Waals surface area (Å²) in [4.78, 5) is 11.9. The van der Waals surface area contributed by atoms with Gasteiger partial charge in [-0.3, -0.25) is 0 Å². The van der Waals surface area contributed by atoms with Gasteiger partial charge in [0.2, 0.25) is 0 Å². The third-order valence-corrected chi connectivity index (χ3v) is 7.39. The third-order valence-electron chi connectivity index (χ3n) is 6.35. The molecule has 9 nitrogen and oxygen atoms in total. The maximum atomic E-state index is 14.5. The number of fused-ring (bicyclic) bond motifs is 1. The Balaban J connectivity index is 1.30. The maximum Gasteiger partial charge on any atom is 0.434 e. The molecule has 5 heterocycles. The molecule has 5 rings (SSSR count). The van der Waals surface area contributed by atoms with Crippen LogP contribution >= 0.6 is 11.8 Å². The number of anilines is 2. The van der Waals surface area contributed by atoms with Gasteiger partial charge in [0, 0.05) is 31.6 Å². The van der Waals surface area contributed by atoms with Crippen LogP contribution in [0, 0.1) is 5.41 Å². The summed E-state index contributed by atoms with van der Waals surface area (Å²) in [7, 11) is 1.23. The highest BCUT2D eigenvalue weighted by atomic mass is 32.2. The fourth-order valence-corrected chi connectivity index (χ4v) is 5.24. The Morgan fingerprint density at radius 3 is 2.74 bits per heavy atom. The Kier molecular flexibility index (Phi) is 4.83. The van der Waals surface area contributed by atoms with Gasteiger partial charge >= 0.3 is 6.17 Å². The lowest BCUT2D eigenvalue weighted by Crippen LogP contribution is -2.49. The summed E-state index contributed by atoms with van der Waals surface area (Å²) < 4.78 is 34.7. The zero-order valence-electron chi connectivity index (χ0n) is 17.0. The van der Waals surface area contributed by atoms with Crippen LogP contribution in [0.5, 0.6) is 0 Å². The number of ether oxygens (including phenoxy) is 1. The fourth-order valence-electron chi connectivity index (χ4n) is 4.35. The quantitative estimate of drug-likeness (QED) is 0.664. The number of halogens is 2. The molecule has 1 spiro atoms. The summed E-state index contributed by atoms with van der Waals surface area (Å²) in [5, 5.41) is 5.16. The number of hydrazone groups is 1. The number of aromatic nitrogens is 2. The number of allylic oxidation sites excluding steroid dienone is 2. The first-order chi connectivity index (χ1) is 14.8. The van der Waals surface area contributed by atoms with Gasteiger partial charge in [-0.25, -0.2) is 19.9 Å². The average molecular weight is 451 g/mol. The molecule has 1 atom stereocenters. The van der Waals surface area contributed by atoms with E-state index >= 15 is 0 Å². The molecule has 0 bridgehead atoms. The molecule has 31 heavy (non-hydrogen) atoms. The minimum absolute atomic E-state index is 0.0413. The second-order valence-electron chi connectivity index (χ2n) is 8.18. The standard InChI is InChI=1S/C19H24F2N8OS/c1-27-19(20,21)29-13(26-27)3-2-4-15(29)31-17-16(23)25-14(9-24-17)28-7-5-18(6-8-28)11-30-10-12(18)22/h2-4,9,12H,5-8,10-11,22H2,1H3,(H2,23,25). The Morgan fingerprint density at radius 1 is 1.29 bits per heavy atom. The zero-order valence-corrected chi connectivity index (χ0v) is 17.9. The maximum absolute atomic E-state index is 14.5. The van der Waals surface area contributed by atoms with Crippen LogP contribution in [0.4, 0.5) is 20.4 Å². The SMILES string of the molecule is CN1N=C2C=CC=C(Sc3ncc(N4CCC5(CC4)COCC5N)nc3N)N2C1(F)F. The van der Waals surface area contributed by atoms with Crippen molar-refractivity contribution >= 4 is 29.2 Å². The van der Waals surface area contributed by atoms with Crippen molar-refractivity contribution < 1.29 is 13.5 Å². The first kappa shape index (κ1) is 20.5. The minimum atomic E-state index is -3.27. The number of alkyl halides is 2. The van der Waals surface area contributed by atoms with Gasteiger partial charge in [0.25, 0.3) is 0 Å². The Hall–Kier alpha value is -2.44. The van der Waals surface area contributed by atoms with Gasteiger partial charge in [0.1, 0.15) is 10.8 Å². The van der Waals surface area contributed by atoms with Gasteiger partial charge < -0.3 is 21.1 Å². The summed E-state index contributed by atoms with van der Waals surface area (Å²) in [5.41, 5.74) is 12.5. The Bertz CT molecular complexity index is 976. The van der Waals surface area contributed by atoms with Crippen LogP contribution < -0.4 is 16.4 Å². The van der Waals surface area contributed by atoms with Gasteiger partial charge in [-0.05, 0) is 36.8 Å². The molecule has 2 saturated heterocycles. The lowest BCUT2D eigenvalue weighted by atomic mass is 9.75. The average Bonchev–Trinajstić information content (AvgIpc) is 3.21. The number of nitrogens with zero attached hydrogens (tertiary/aromatic N) is 6. The first-order valence-corrected chi connectivity index (χ1v) is 10.9. The Morgan fingerprint density at radius 2 is 2.06 bits per heavy atom. The topological polar surface area (TPSA) is 109 Å². The molecule has 2 fully saturated rings. The van der Waals surface area contributed by atoms with Crippen LogP contribution in [-0.4, -0.2) is 71.3 Å². The van der Waals surface area contributed by atoms with E-state index in [2.05, 4.69) is 20.0 Å². The van der Waals surface area contributed by atoms with E-state index in [0.717, 1.165) is 42.6 Å². The molecule has 0 saturated carbocycles. The highest BCUT2D eigenvalue weighted by molar-refractivity contribution is 8.03. The minimum Gasteiger partial charge on any atom is -0.381 e. The molecule has 12 heteroatoms. The second kappa shape index (κ2) is 7.31. The molecule has 1 aromatic heterocycles. The molecule has 1 unspecified atom stereocenters. The molecule has 4 N–H and O–H groups in total. The van der Waals surface area contributed by atoms with E-state index in [1.165, 1.54) is 13.1 Å². The lowest BCUT2D eigenvalue weighted by molar-refractivity contribution is -0.187. The van der Waals surface area contributed by atoms with Crippen LogP contribution in [0.2, 0.25) is 0 Å². The summed E-state index contributed by atoms with van der Waals surface area (Å²) in [6.07, 6.45) is 5.01. The predicted octanol–water partition coefficient (Wildman–Crippen LogP) is 1.62. The summed E-state index contributed by atoms with van der Waals surface area (Å²) in [6, 6.07) is 0.0681. The summed E-state index contributed by atoms with van der Waals surface area (Å²) >= 11 is 1.04. The van der Waals surface area contributed by atoms with Gasteiger partial charge in [0.05, 0.1) is 24.4 Å². The van der Waals surface area contributed by atoms with Crippen LogP contribution in [-0.2, 0) is 4.74 Å². The monoisotopic (exact) mass is 450 g/mol. The Labute approximate surface area is 182 Å². The van der Waals surface area contributed by atoms with E-state index in [-0.39, 0.29) is 28.1 Å². The van der Waals surface area contributed by atoms with Crippen molar-refractivity contribution in [1.82, 2.24) is 19.9 Å². The normalized spacial score (nSPS) is 26.3. The molecule has 0 aliphatic carbocycles. The van der Waals surface area contributed by atoms with Gasteiger partial charge in [-0.15, -0.1) is 0 Å². The summed E-state index contributed by atoms with van der Waals surface area (Å²) in [5.74, 6) is 1.04. The second-order valence-corrected chi connectivity index (χ2v) is 9.19. The highest BCUT2D eigenvalue weighted by Crippen LogP contribution is 2.43. The van der Waals surface area contributed by atoms with Gasteiger partial charge in [-0.1, -0.05) is 6.08 Å². The number of hydrogen-bond donors (Lipinski definition) is 2. The van der Waals surface area contributed by atoms with E-state index in [1.54, 1.807) is 18.3 Å². The predicted molar refractivity (Wildman–Crippen MR) is 114 cm³/mol. The van der Waals surface area contributed by atoms with Crippen molar-refractivity contribution in [3.8, 4) is 0 Å². The van der Waals surface area contributed by atoms with Crippen LogP contribution in [0.1, 0.15) is 12.8 Å². The van der Waals surface area contributed by atoms with E-state index in [0.29, 0.717) is 29.1 Å². The number of amidine groups is 1. The van der Waals surface area contributed by atoms with Gasteiger partial charge in [0.15, 0.2) is 11.7 Å². The largest absolute Gasteiger partial charge is 0.434 e. The molecular formula is C19H24F2N8OS. The van der Waals surface area contributed by atoms with Crippen molar-refractivity contribution in [3.63, 3.8) is 0 Å². The number of thioether (sulfide) groups is 1. The van der Waals surface area contributed by atoms with Crippen molar-refractivity contribution in [2.45, 2.75) is 30.1 Å². The fraction of sp³-hybridized carbons (Fsp3) is 0.526. The molecular weight excluding hydrogens is 426 g/mol. The van der Waals surface area contributed by atoms with Crippen LogP contribution in [0.3, 0.4) is 0 Å². The molecule has 4 aliphatic heterocycles. The number of piperidine rings is 1. The molecule has 0 radical (unpaired) electrons. The first-order valence-electron chi connectivity index (χ1n) is 10.1. The molecule has 1 aromatic rings. The number of nitrogen functional groups attached to an aromatic ring is 1. The molecule has 4 aliphatic rings. The smallest absolute Gasteiger partial charge is 0.381 e. The molecule has 166 valence electrons. The van der Waals surface area contributed by atoms with Crippen LogP contribution in [0.25, 0.3) is 0 Å². The highest BCUT2D eigenvalue weighted by Gasteiger charge is 2.51. The van der Waals surface area contributed by atoms with Crippen molar-refractivity contribution in [3.05, 3.63) is 29.5 Å². The third kappa shape index (κ3) is 3.33. The zero-order chi connectivity index (χ0) is 21.8. The van der Waals surface area contributed by atoms with E-state index in [9.17, 15) is 8.78 Å². The van der Waals surface area contributed by atoms with Crippen molar-refractivity contribution in [2.24, 2.45) is 16.3 Å². The van der Waals surface area contributed by atoms with Crippen LogP contribution in [0.15, 0.2) is 39.6 Å². The van der Waals surface area contributed by atoms with E-state index < -0.39 is 6.17 Å². The summed E-state index contributed by atoms with van der Waals surface area (Å²) in [6.45, 7) is 2.90. The molecule has 0 amide bonds. The van der Waals surface area contributed by atoms with Gasteiger partial charge in [-0.2, -0.15) is 13.9 Å². The van der Waals surface area contributed by atoms with E-state index in [1.807, 2.05) is 0 Å². The number of rotatable bonds is 3.